The Morgan fingerprint density at radius 2 is 1.63 bits per heavy atom. The van der Waals surface area contributed by atoms with Crippen molar-refractivity contribution in [1.29, 1.82) is 0 Å². The van der Waals surface area contributed by atoms with Gasteiger partial charge >= 0.3 is 6.18 Å². The number of amides is 1. The van der Waals surface area contributed by atoms with Gasteiger partial charge in [0.1, 0.15) is 5.82 Å². The fourth-order valence-electron chi connectivity index (χ4n) is 2.94. The fourth-order valence-corrected chi connectivity index (χ4v) is 2.94. The highest BCUT2D eigenvalue weighted by Gasteiger charge is 2.34. The first kappa shape index (κ1) is 21.3. The zero-order valence-electron chi connectivity index (χ0n) is 15.4. The summed E-state index contributed by atoms with van der Waals surface area (Å²) in [4.78, 5) is 25.5. The average Bonchev–Trinajstić information content (AvgIpc) is 2.67. The van der Waals surface area contributed by atoms with E-state index in [1.807, 2.05) is 0 Å². The molecule has 1 heterocycles. The van der Waals surface area contributed by atoms with Crippen LogP contribution in [0.4, 0.5) is 26.3 Å². The molecule has 5 nitrogen and oxygen atoms in total. The largest absolute Gasteiger partial charge is 0.419 e. The quantitative estimate of drug-likeness (QED) is 0.635. The molecule has 2 aromatic carbocycles. The number of halogens is 6. The number of aromatic amines is 1. The van der Waals surface area contributed by atoms with Crippen LogP contribution in [0.1, 0.15) is 34.6 Å². The van der Waals surface area contributed by atoms with Gasteiger partial charge in [-0.25, -0.2) is 18.3 Å². The Kier molecular flexibility index (Phi) is 5.31. The molecule has 0 saturated carbocycles. The van der Waals surface area contributed by atoms with Crippen molar-refractivity contribution in [2.24, 2.45) is 0 Å². The van der Waals surface area contributed by atoms with E-state index in [9.17, 15) is 35.9 Å². The minimum atomic E-state index is -4.91. The first-order valence-corrected chi connectivity index (χ1v) is 8.43. The van der Waals surface area contributed by atoms with E-state index in [0.29, 0.717) is 18.2 Å². The Morgan fingerprint density at radius 1 is 1.03 bits per heavy atom. The van der Waals surface area contributed by atoms with Gasteiger partial charge in [-0.3, -0.25) is 9.59 Å². The van der Waals surface area contributed by atoms with Gasteiger partial charge in [0.25, 0.3) is 11.5 Å². The summed E-state index contributed by atoms with van der Waals surface area (Å²) in [6.07, 6.45) is -4.91. The van der Waals surface area contributed by atoms with Crippen molar-refractivity contribution in [2.45, 2.75) is 19.1 Å². The Labute approximate surface area is 164 Å². The number of carbonyl (C=O) groups is 1. The lowest BCUT2D eigenvalue weighted by molar-refractivity contribution is -0.140. The van der Waals surface area contributed by atoms with Crippen LogP contribution in [-0.4, -0.2) is 28.1 Å². The second kappa shape index (κ2) is 7.47. The third-order valence-electron chi connectivity index (χ3n) is 4.68. The van der Waals surface area contributed by atoms with Crippen LogP contribution in [0.15, 0.2) is 35.1 Å². The van der Waals surface area contributed by atoms with E-state index in [2.05, 4.69) is 10.2 Å². The predicted octanol–water partition coefficient (Wildman–Crippen LogP) is 4.19. The summed E-state index contributed by atoms with van der Waals surface area (Å²) in [6, 6.07) is 2.25. The smallest absolute Gasteiger partial charge is 0.333 e. The van der Waals surface area contributed by atoms with Crippen LogP contribution in [0.25, 0.3) is 10.8 Å². The molecule has 0 fully saturated rings. The molecule has 1 amide bonds. The summed E-state index contributed by atoms with van der Waals surface area (Å²) in [7, 11) is 1.26. The molecule has 0 aliphatic heterocycles. The number of rotatable bonds is 3. The maximum atomic E-state index is 13.8. The van der Waals surface area contributed by atoms with Crippen molar-refractivity contribution in [2.75, 3.05) is 7.05 Å². The van der Waals surface area contributed by atoms with E-state index in [1.54, 1.807) is 0 Å². The molecule has 0 saturated heterocycles. The van der Waals surface area contributed by atoms with Crippen molar-refractivity contribution in [1.82, 2.24) is 15.1 Å². The number of nitrogens with one attached hydrogen (secondary N) is 1. The zero-order valence-corrected chi connectivity index (χ0v) is 15.4. The topological polar surface area (TPSA) is 66.1 Å². The van der Waals surface area contributed by atoms with Gasteiger partial charge in [-0.15, -0.1) is 0 Å². The number of carbonyl (C=O) groups excluding carboxylic acids is 1. The Bertz CT molecular complexity index is 1210. The lowest BCUT2D eigenvalue weighted by Crippen LogP contribution is -2.31. The van der Waals surface area contributed by atoms with E-state index in [0.717, 1.165) is 17.0 Å². The second-order valence-corrected chi connectivity index (χ2v) is 6.53. The van der Waals surface area contributed by atoms with E-state index < -0.39 is 46.7 Å². The summed E-state index contributed by atoms with van der Waals surface area (Å²) in [5.74, 6) is -4.94. The first-order valence-electron chi connectivity index (χ1n) is 8.43. The summed E-state index contributed by atoms with van der Waals surface area (Å²) in [5, 5.41) is 5.66. The van der Waals surface area contributed by atoms with Gasteiger partial charge in [0.15, 0.2) is 11.6 Å². The monoisotopic (exact) mass is 429 g/mol. The van der Waals surface area contributed by atoms with E-state index in [1.165, 1.54) is 14.0 Å². The Morgan fingerprint density at radius 3 is 2.20 bits per heavy atom. The van der Waals surface area contributed by atoms with Gasteiger partial charge < -0.3 is 4.90 Å². The van der Waals surface area contributed by atoms with Crippen LogP contribution in [0, 0.1) is 17.5 Å². The third kappa shape index (κ3) is 3.74. The van der Waals surface area contributed by atoms with Crippen LogP contribution >= 0.6 is 0 Å². The van der Waals surface area contributed by atoms with E-state index in [-0.39, 0.29) is 22.0 Å². The molecule has 1 N–H and O–H groups in total. The van der Waals surface area contributed by atoms with Crippen LogP contribution in [0.5, 0.6) is 0 Å². The predicted molar refractivity (Wildman–Crippen MR) is 94.2 cm³/mol. The molecule has 30 heavy (non-hydrogen) atoms. The minimum absolute atomic E-state index is 0.00623. The molecular weight excluding hydrogens is 416 g/mol. The van der Waals surface area contributed by atoms with Crippen molar-refractivity contribution in [3.05, 3.63) is 75.0 Å². The molecule has 0 bridgehead atoms. The second-order valence-electron chi connectivity index (χ2n) is 6.53. The zero-order chi connectivity index (χ0) is 22.4. The summed E-state index contributed by atoms with van der Waals surface area (Å²) < 4.78 is 79.1. The number of benzene rings is 2. The van der Waals surface area contributed by atoms with E-state index in [4.69, 9.17) is 0 Å². The molecule has 0 aliphatic carbocycles. The molecule has 11 heteroatoms. The highest BCUT2D eigenvalue weighted by molar-refractivity contribution is 5.95. The van der Waals surface area contributed by atoms with Crippen molar-refractivity contribution in [3.8, 4) is 0 Å². The van der Waals surface area contributed by atoms with Gasteiger partial charge in [0, 0.05) is 18.0 Å². The number of hydrogen-bond acceptors (Lipinski definition) is 3. The number of fused-ring (bicyclic) bond motifs is 1. The Hall–Kier alpha value is -3.37. The molecule has 3 aromatic rings. The maximum absolute atomic E-state index is 13.8. The summed E-state index contributed by atoms with van der Waals surface area (Å²) in [6.45, 7) is 1.44. The first-order chi connectivity index (χ1) is 13.9. The standard InChI is InChI=1S/C19H13F6N3O2/c1-8(16-10-6-14(21)15(22)7-11(10)17(29)27-26-16)28(2)18(30)9-3-4-12(13(20)5-9)19(23,24)25/h3-8H,1-2H3,(H,27,29)/t8-/m1/s1. The van der Waals surface area contributed by atoms with Crippen LogP contribution in [0.2, 0.25) is 0 Å². The van der Waals surface area contributed by atoms with Gasteiger partial charge in [0.05, 0.1) is 22.7 Å². The van der Waals surface area contributed by atoms with Crippen LogP contribution in [-0.2, 0) is 6.18 Å². The highest BCUT2D eigenvalue weighted by Crippen LogP contribution is 2.32. The van der Waals surface area contributed by atoms with Crippen molar-refractivity contribution < 1.29 is 31.1 Å². The lowest BCUT2D eigenvalue weighted by atomic mass is 10.0. The molecular formula is C19H13F6N3O2. The molecule has 3 rings (SSSR count). The number of aromatic nitrogens is 2. The third-order valence-corrected chi connectivity index (χ3v) is 4.68. The van der Waals surface area contributed by atoms with E-state index >= 15 is 0 Å². The van der Waals surface area contributed by atoms with Gasteiger partial charge in [-0.1, -0.05) is 0 Å². The molecule has 0 spiro atoms. The highest BCUT2D eigenvalue weighted by atomic mass is 19.4. The fraction of sp³-hybridized carbons (Fsp3) is 0.211. The minimum Gasteiger partial charge on any atom is -0.333 e. The van der Waals surface area contributed by atoms with Crippen LogP contribution < -0.4 is 5.56 Å². The molecule has 0 unspecified atom stereocenters. The lowest BCUT2D eigenvalue weighted by Gasteiger charge is -2.25. The Balaban J connectivity index is 2.00. The van der Waals surface area contributed by atoms with Crippen molar-refractivity contribution >= 4 is 16.7 Å². The number of nitrogens with zero attached hydrogens (tertiary/aromatic N) is 2. The SMILES string of the molecule is C[C@H](c1n[nH]c(=O)c2cc(F)c(F)cc12)N(C)C(=O)c1ccc(C(F)(F)F)c(F)c1. The molecule has 0 radical (unpaired) electrons. The molecule has 1 atom stereocenters. The normalized spacial score (nSPS) is 12.8. The molecule has 1 aromatic heterocycles. The van der Waals surface area contributed by atoms with Gasteiger partial charge in [-0.2, -0.15) is 18.3 Å². The summed E-state index contributed by atoms with van der Waals surface area (Å²) >= 11 is 0. The summed E-state index contributed by atoms with van der Waals surface area (Å²) in [5.41, 5.74) is -2.65. The van der Waals surface area contributed by atoms with Gasteiger partial charge in [0.2, 0.25) is 0 Å². The maximum Gasteiger partial charge on any atom is 0.419 e. The molecule has 158 valence electrons. The van der Waals surface area contributed by atoms with Gasteiger partial charge in [-0.05, 0) is 37.3 Å². The number of H-pyrrole nitrogens is 1. The average molecular weight is 429 g/mol. The van der Waals surface area contributed by atoms with Crippen LogP contribution in [0.3, 0.4) is 0 Å². The molecule has 0 aliphatic rings. The number of hydrogen-bond donors (Lipinski definition) is 1. The number of alkyl halides is 3. The van der Waals surface area contributed by atoms with Crippen molar-refractivity contribution in [3.63, 3.8) is 0 Å².